The Kier molecular flexibility index (Phi) is 5.63. The second kappa shape index (κ2) is 9.21. The Hall–Kier alpha value is -5.43. The molecule has 1 amide bonds. The number of carbonyl (C=O) groups is 1. The first-order valence-electron chi connectivity index (χ1n) is 10.4. The predicted molar refractivity (Wildman–Crippen MR) is 130 cm³/mol. The molecule has 0 saturated heterocycles. The topological polar surface area (TPSA) is 122 Å². The number of fused-ring (bicyclic) bond motifs is 1. The van der Waals surface area contributed by atoms with Crippen molar-refractivity contribution in [2.24, 2.45) is 10.2 Å². The smallest absolute Gasteiger partial charge is 0.259 e. The number of carbonyl (C=O) groups excluding carboxylic acids is 1. The third-order valence-corrected chi connectivity index (χ3v) is 5.13. The van der Waals surface area contributed by atoms with Gasteiger partial charge in [-0.15, -0.1) is 10.2 Å². The van der Waals surface area contributed by atoms with Gasteiger partial charge >= 0.3 is 0 Å². The number of nitrogens with zero attached hydrogens (tertiary/aromatic N) is 7. The molecule has 2 aromatic heterocycles. The van der Waals surface area contributed by atoms with E-state index >= 15 is 0 Å². The van der Waals surface area contributed by atoms with Gasteiger partial charge in [0.05, 0.1) is 24.5 Å². The van der Waals surface area contributed by atoms with Crippen LogP contribution >= 0.6 is 0 Å². The van der Waals surface area contributed by atoms with E-state index in [1.54, 1.807) is 42.5 Å². The number of aromatic hydroxyl groups is 1. The molecule has 0 saturated carbocycles. The average Bonchev–Trinajstić information content (AvgIpc) is 3.32. The molecular weight excluding hydrogens is 444 g/mol. The molecule has 2 N–H and O–H groups in total. The molecule has 5 aromatic rings. The molecule has 0 aliphatic rings. The van der Waals surface area contributed by atoms with Gasteiger partial charge in [-0.05, 0) is 23.6 Å². The molecule has 0 aliphatic carbocycles. The van der Waals surface area contributed by atoms with Gasteiger partial charge in [-0.3, -0.25) is 9.78 Å². The number of anilines is 1. The number of para-hydroxylation sites is 1. The Labute approximate surface area is 199 Å². The van der Waals surface area contributed by atoms with E-state index < -0.39 is 5.91 Å². The highest BCUT2D eigenvalue weighted by molar-refractivity contribution is 6.11. The van der Waals surface area contributed by atoms with Gasteiger partial charge in [0.1, 0.15) is 5.69 Å². The fraction of sp³-hybridized carbons (Fsp3) is 0. The average molecular weight is 460 g/mol. The van der Waals surface area contributed by atoms with Crippen LogP contribution in [0.1, 0.15) is 10.4 Å². The molecule has 35 heavy (non-hydrogen) atoms. The fourth-order valence-electron chi connectivity index (χ4n) is 3.48. The zero-order valence-electron chi connectivity index (χ0n) is 18.1. The Morgan fingerprint density at radius 1 is 1.03 bits per heavy atom. The van der Waals surface area contributed by atoms with Gasteiger partial charge < -0.3 is 10.4 Å². The van der Waals surface area contributed by atoms with Crippen molar-refractivity contribution in [1.82, 2.24) is 19.7 Å². The van der Waals surface area contributed by atoms with E-state index in [-0.39, 0.29) is 28.5 Å². The number of phenols is 1. The number of benzene rings is 3. The first-order chi connectivity index (χ1) is 17.2. The number of phenolic OH excluding ortho intramolecular Hbond substituents is 1. The number of rotatable bonds is 5. The summed E-state index contributed by atoms with van der Waals surface area (Å²) in [5, 5.41) is 27.8. The van der Waals surface area contributed by atoms with Crippen LogP contribution in [0, 0.1) is 6.57 Å². The van der Waals surface area contributed by atoms with Crippen LogP contribution in [0.3, 0.4) is 0 Å². The molecular formula is C25H16N8O2. The quantitative estimate of drug-likeness (QED) is 0.256. The summed E-state index contributed by atoms with van der Waals surface area (Å²) in [6, 6.07) is 17.7. The maximum absolute atomic E-state index is 13.0. The molecule has 0 unspecified atom stereocenters. The van der Waals surface area contributed by atoms with E-state index in [0.717, 1.165) is 0 Å². The van der Waals surface area contributed by atoms with Crippen molar-refractivity contribution in [2.75, 3.05) is 5.32 Å². The van der Waals surface area contributed by atoms with Gasteiger partial charge in [-0.2, -0.15) is 5.10 Å². The molecule has 10 nitrogen and oxygen atoms in total. The van der Waals surface area contributed by atoms with E-state index in [9.17, 15) is 9.90 Å². The molecule has 5 rings (SSSR count). The van der Waals surface area contributed by atoms with Crippen LogP contribution in [0.4, 0.5) is 22.9 Å². The summed E-state index contributed by atoms with van der Waals surface area (Å²) >= 11 is 0. The summed E-state index contributed by atoms with van der Waals surface area (Å²) in [4.78, 5) is 24.6. The maximum Gasteiger partial charge on any atom is 0.259 e. The van der Waals surface area contributed by atoms with E-state index in [2.05, 4.69) is 35.5 Å². The molecule has 0 radical (unpaired) electrons. The maximum atomic E-state index is 13.0. The summed E-state index contributed by atoms with van der Waals surface area (Å²) < 4.78 is 1.33. The fourth-order valence-corrected chi connectivity index (χ4v) is 3.48. The van der Waals surface area contributed by atoms with Gasteiger partial charge in [-0.1, -0.05) is 42.5 Å². The summed E-state index contributed by atoms with van der Waals surface area (Å²) in [5.41, 5.74) is 0.849. The van der Waals surface area contributed by atoms with Crippen LogP contribution in [0.2, 0.25) is 0 Å². The Bertz CT molecular complexity index is 1610. The Morgan fingerprint density at radius 3 is 2.60 bits per heavy atom. The lowest BCUT2D eigenvalue weighted by Gasteiger charge is -2.11. The molecule has 2 heterocycles. The Morgan fingerprint density at radius 2 is 1.83 bits per heavy atom. The summed E-state index contributed by atoms with van der Waals surface area (Å²) in [6.45, 7) is 7.45. The van der Waals surface area contributed by atoms with Crippen molar-refractivity contribution < 1.29 is 9.90 Å². The van der Waals surface area contributed by atoms with Crippen LogP contribution in [-0.2, 0) is 0 Å². The van der Waals surface area contributed by atoms with Gasteiger partial charge in [0.2, 0.25) is 0 Å². The number of aromatic nitrogens is 4. The zero-order chi connectivity index (χ0) is 24.2. The Balaban J connectivity index is 1.61. The van der Waals surface area contributed by atoms with Gasteiger partial charge in [-0.25, -0.2) is 14.5 Å². The van der Waals surface area contributed by atoms with Crippen LogP contribution in [-0.4, -0.2) is 30.8 Å². The molecule has 0 aliphatic heterocycles. The van der Waals surface area contributed by atoms with E-state index in [4.69, 9.17) is 6.57 Å². The molecule has 0 fully saturated rings. The second-order valence-corrected chi connectivity index (χ2v) is 7.30. The number of azo groups is 1. The molecule has 0 bridgehead atoms. The first-order valence-corrected chi connectivity index (χ1v) is 10.4. The highest BCUT2D eigenvalue weighted by atomic mass is 16.3. The minimum Gasteiger partial charge on any atom is -0.505 e. The summed E-state index contributed by atoms with van der Waals surface area (Å²) in [5.74, 6) is -0.372. The first kappa shape index (κ1) is 21.4. The minimum absolute atomic E-state index is 0.0364. The third-order valence-electron chi connectivity index (χ3n) is 5.13. The zero-order valence-corrected chi connectivity index (χ0v) is 18.1. The molecule has 10 heteroatoms. The van der Waals surface area contributed by atoms with Crippen molar-refractivity contribution in [3.05, 3.63) is 102 Å². The van der Waals surface area contributed by atoms with Crippen molar-refractivity contribution in [1.29, 1.82) is 0 Å². The van der Waals surface area contributed by atoms with Crippen LogP contribution < -0.4 is 5.32 Å². The highest BCUT2D eigenvalue weighted by Gasteiger charge is 2.19. The molecule has 3 aromatic carbocycles. The van der Waals surface area contributed by atoms with Gasteiger partial charge in [0.15, 0.2) is 17.4 Å². The van der Waals surface area contributed by atoms with Crippen molar-refractivity contribution in [3.8, 4) is 11.6 Å². The largest absolute Gasteiger partial charge is 0.505 e. The minimum atomic E-state index is -0.498. The number of amides is 1. The number of nitrogens with one attached hydrogen (secondary N) is 1. The van der Waals surface area contributed by atoms with Crippen LogP contribution in [0.25, 0.3) is 21.4 Å². The van der Waals surface area contributed by atoms with Crippen LogP contribution in [0.5, 0.6) is 5.75 Å². The standard InChI is InChI=1S/C25H16N8O2/c1-26-20-14-29-33(21-15-27-11-12-28-21)24(20)32-31-22-18-10-6-5-7-16(18)13-19(23(22)34)25(35)30-17-8-3-2-4-9-17/h2-15,34H,(H,30,35). The predicted octanol–water partition coefficient (Wildman–Crippen LogP) is 5.74. The van der Waals surface area contributed by atoms with E-state index in [1.165, 1.54) is 29.5 Å². The van der Waals surface area contributed by atoms with E-state index in [1.807, 2.05) is 18.2 Å². The summed E-state index contributed by atoms with van der Waals surface area (Å²) in [7, 11) is 0. The van der Waals surface area contributed by atoms with Crippen LogP contribution in [0.15, 0.2) is 95.7 Å². The monoisotopic (exact) mass is 460 g/mol. The number of hydrogen-bond acceptors (Lipinski definition) is 7. The van der Waals surface area contributed by atoms with E-state index in [0.29, 0.717) is 22.3 Å². The third kappa shape index (κ3) is 4.17. The lowest BCUT2D eigenvalue weighted by Crippen LogP contribution is -2.12. The normalized spacial score (nSPS) is 10.9. The van der Waals surface area contributed by atoms with Gasteiger partial charge in [0, 0.05) is 23.5 Å². The molecule has 168 valence electrons. The lowest BCUT2D eigenvalue weighted by molar-refractivity contribution is 0.102. The lowest BCUT2D eigenvalue weighted by atomic mass is 10.0. The van der Waals surface area contributed by atoms with Crippen molar-refractivity contribution in [3.63, 3.8) is 0 Å². The summed E-state index contributed by atoms with van der Waals surface area (Å²) in [6.07, 6.45) is 5.82. The van der Waals surface area contributed by atoms with Gasteiger partial charge in [0.25, 0.3) is 11.6 Å². The number of hydrogen-bond donors (Lipinski definition) is 2. The SMILES string of the molecule is [C-]#[N+]c1cnn(-c2cnccn2)c1N=Nc1c(O)c(C(=O)Nc2ccccc2)cc2ccccc12. The van der Waals surface area contributed by atoms with Crippen molar-refractivity contribution in [2.45, 2.75) is 0 Å². The second-order valence-electron chi connectivity index (χ2n) is 7.30. The molecule has 0 atom stereocenters. The highest BCUT2D eigenvalue weighted by Crippen LogP contribution is 2.40. The van der Waals surface area contributed by atoms with Crippen molar-refractivity contribution >= 4 is 39.6 Å². The molecule has 0 spiro atoms.